The number of aromatic amines is 1. The van der Waals surface area contributed by atoms with Gasteiger partial charge in [0.1, 0.15) is 5.56 Å². The molecule has 0 bridgehead atoms. The van der Waals surface area contributed by atoms with Crippen LogP contribution in [-0.4, -0.2) is 14.7 Å². The SMILES string of the molecule is Cn1c(O)c(-c2ccccc2Br)c(=O)[nH]c1=O. The lowest BCUT2D eigenvalue weighted by molar-refractivity contribution is 0.420. The van der Waals surface area contributed by atoms with Gasteiger partial charge >= 0.3 is 5.69 Å². The van der Waals surface area contributed by atoms with Crippen LogP contribution in [0.5, 0.6) is 5.88 Å². The number of nitrogens with zero attached hydrogens (tertiary/aromatic N) is 1. The van der Waals surface area contributed by atoms with Gasteiger partial charge < -0.3 is 5.11 Å². The summed E-state index contributed by atoms with van der Waals surface area (Å²) in [4.78, 5) is 25.1. The number of hydrogen-bond acceptors (Lipinski definition) is 3. The van der Waals surface area contributed by atoms with Crippen LogP contribution >= 0.6 is 15.9 Å². The molecule has 0 amide bonds. The van der Waals surface area contributed by atoms with Crippen LogP contribution in [0, 0.1) is 0 Å². The van der Waals surface area contributed by atoms with Gasteiger partial charge in [-0.1, -0.05) is 34.1 Å². The lowest BCUT2D eigenvalue weighted by Gasteiger charge is -2.08. The van der Waals surface area contributed by atoms with Crippen LogP contribution in [-0.2, 0) is 7.05 Å². The highest BCUT2D eigenvalue weighted by Crippen LogP contribution is 2.29. The van der Waals surface area contributed by atoms with Crippen molar-refractivity contribution in [2.75, 3.05) is 0 Å². The standard InChI is InChI=1S/C11H9BrN2O3/c1-14-10(16)8(9(15)13-11(14)17)6-4-2-3-5-7(6)12/h2-5,16H,1H3,(H,13,15,17). The molecule has 17 heavy (non-hydrogen) atoms. The molecule has 0 spiro atoms. The molecule has 5 nitrogen and oxygen atoms in total. The van der Waals surface area contributed by atoms with E-state index in [1.165, 1.54) is 7.05 Å². The summed E-state index contributed by atoms with van der Waals surface area (Å²) in [6.45, 7) is 0. The van der Waals surface area contributed by atoms with E-state index in [1.54, 1.807) is 24.3 Å². The Morgan fingerprint density at radius 3 is 2.59 bits per heavy atom. The summed E-state index contributed by atoms with van der Waals surface area (Å²) in [5, 5.41) is 9.86. The van der Waals surface area contributed by atoms with Crippen LogP contribution in [0.25, 0.3) is 11.1 Å². The number of benzene rings is 1. The lowest BCUT2D eigenvalue weighted by atomic mass is 10.1. The molecule has 0 aliphatic heterocycles. The first-order valence-electron chi connectivity index (χ1n) is 4.79. The summed E-state index contributed by atoms with van der Waals surface area (Å²) in [6.07, 6.45) is 0. The molecule has 0 saturated heterocycles. The average Bonchev–Trinajstić information content (AvgIpc) is 2.29. The van der Waals surface area contributed by atoms with E-state index in [0.717, 1.165) is 4.57 Å². The summed E-state index contributed by atoms with van der Waals surface area (Å²) in [5.41, 5.74) is -0.665. The van der Waals surface area contributed by atoms with Gasteiger partial charge in [0.2, 0.25) is 5.88 Å². The van der Waals surface area contributed by atoms with Gasteiger partial charge in [-0.15, -0.1) is 0 Å². The summed E-state index contributed by atoms with van der Waals surface area (Å²) >= 11 is 3.29. The van der Waals surface area contributed by atoms with Crippen molar-refractivity contribution >= 4 is 15.9 Å². The van der Waals surface area contributed by atoms with Crippen LogP contribution < -0.4 is 11.2 Å². The second-order valence-electron chi connectivity index (χ2n) is 3.50. The Morgan fingerprint density at radius 2 is 1.94 bits per heavy atom. The molecule has 0 unspecified atom stereocenters. The Kier molecular flexibility index (Phi) is 2.89. The van der Waals surface area contributed by atoms with Crippen molar-refractivity contribution in [1.82, 2.24) is 9.55 Å². The van der Waals surface area contributed by atoms with E-state index in [0.29, 0.717) is 10.0 Å². The molecule has 0 radical (unpaired) electrons. The van der Waals surface area contributed by atoms with Crippen LogP contribution in [0.4, 0.5) is 0 Å². The quantitative estimate of drug-likeness (QED) is 0.830. The molecule has 6 heteroatoms. The maximum absolute atomic E-state index is 11.7. The Labute approximate surface area is 104 Å². The second kappa shape index (κ2) is 4.21. The molecule has 1 heterocycles. The van der Waals surface area contributed by atoms with Crippen LogP contribution in [0.1, 0.15) is 0 Å². The molecule has 0 fully saturated rings. The molecule has 0 saturated carbocycles. The molecule has 1 aromatic carbocycles. The highest BCUT2D eigenvalue weighted by molar-refractivity contribution is 9.10. The van der Waals surface area contributed by atoms with Gasteiger partial charge in [-0.3, -0.25) is 14.3 Å². The Hall–Kier alpha value is -1.82. The summed E-state index contributed by atoms with van der Waals surface area (Å²) in [6, 6.07) is 6.96. The summed E-state index contributed by atoms with van der Waals surface area (Å²) < 4.78 is 1.65. The number of H-pyrrole nitrogens is 1. The van der Waals surface area contributed by atoms with Gasteiger partial charge in [0.05, 0.1) is 0 Å². The van der Waals surface area contributed by atoms with E-state index < -0.39 is 11.2 Å². The zero-order valence-electron chi connectivity index (χ0n) is 8.90. The number of halogens is 1. The fraction of sp³-hybridized carbons (Fsp3) is 0.0909. The number of hydrogen-bond donors (Lipinski definition) is 2. The van der Waals surface area contributed by atoms with Gasteiger partial charge in [-0.05, 0) is 6.07 Å². The van der Waals surface area contributed by atoms with Crippen molar-refractivity contribution in [3.05, 3.63) is 49.6 Å². The van der Waals surface area contributed by atoms with E-state index in [-0.39, 0.29) is 11.4 Å². The molecule has 0 aliphatic rings. The van der Waals surface area contributed by atoms with Gasteiger partial charge in [-0.25, -0.2) is 4.79 Å². The van der Waals surface area contributed by atoms with Gasteiger partial charge in [0, 0.05) is 17.1 Å². The maximum atomic E-state index is 11.7. The number of aromatic nitrogens is 2. The fourth-order valence-corrected chi connectivity index (χ4v) is 2.00. The zero-order chi connectivity index (χ0) is 12.6. The van der Waals surface area contributed by atoms with Crippen molar-refractivity contribution in [3.8, 4) is 17.0 Å². The van der Waals surface area contributed by atoms with Crippen molar-refractivity contribution in [3.63, 3.8) is 0 Å². The van der Waals surface area contributed by atoms with E-state index in [4.69, 9.17) is 0 Å². The topological polar surface area (TPSA) is 75.1 Å². The van der Waals surface area contributed by atoms with Gasteiger partial charge in [-0.2, -0.15) is 0 Å². The molecule has 88 valence electrons. The predicted molar refractivity (Wildman–Crippen MR) is 67.1 cm³/mol. The first kappa shape index (κ1) is 11.7. The summed E-state index contributed by atoms with van der Waals surface area (Å²) in [5.74, 6) is -0.356. The van der Waals surface area contributed by atoms with Gasteiger partial charge in [0.15, 0.2) is 0 Å². The number of nitrogens with one attached hydrogen (secondary N) is 1. The molecular formula is C11H9BrN2O3. The third-order valence-electron chi connectivity index (χ3n) is 2.44. The van der Waals surface area contributed by atoms with Crippen molar-refractivity contribution < 1.29 is 5.11 Å². The van der Waals surface area contributed by atoms with Crippen LogP contribution in [0.15, 0.2) is 38.3 Å². The minimum absolute atomic E-state index is 0.0691. The molecule has 2 rings (SSSR count). The Bertz CT molecular complexity index is 688. The number of rotatable bonds is 1. The minimum Gasteiger partial charge on any atom is -0.494 e. The number of aromatic hydroxyl groups is 1. The second-order valence-corrected chi connectivity index (χ2v) is 4.35. The smallest absolute Gasteiger partial charge is 0.330 e. The predicted octanol–water partition coefficient (Wildman–Crippen LogP) is 1.21. The van der Waals surface area contributed by atoms with E-state index in [9.17, 15) is 14.7 Å². The van der Waals surface area contributed by atoms with E-state index >= 15 is 0 Å². The summed E-state index contributed by atoms with van der Waals surface area (Å²) in [7, 11) is 1.38. The first-order chi connectivity index (χ1) is 8.02. The third-order valence-corrected chi connectivity index (χ3v) is 3.13. The molecule has 1 aromatic heterocycles. The average molecular weight is 297 g/mol. The van der Waals surface area contributed by atoms with E-state index in [1.807, 2.05) is 0 Å². The zero-order valence-corrected chi connectivity index (χ0v) is 10.5. The molecule has 0 atom stereocenters. The Morgan fingerprint density at radius 1 is 1.29 bits per heavy atom. The van der Waals surface area contributed by atoms with Crippen LogP contribution in [0.3, 0.4) is 0 Å². The van der Waals surface area contributed by atoms with Crippen molar-refractivity contribution in [2.45, 2.75) is 0 Å². The normalized spacial score (nSPS) is 10.5. The molecular weight excluding hydrogens is 288 g/mol. The van der Waals surface area contributed by atoms with E-state index in [2.05, 4.69) is 20.9 Å². The highest BCUT2D eigenvalue weighted by atomic mass is 79.9. The largest absolute Gasteiger partial charge is 0.494 e. The van der Waals surface area contributed by atoms with Crippen molar-refractivity contribution in [1.29, 1.82) is 0 Å². The lowest BCUT2D eigenvalue weighted by Crippen LogP contribution is -2.29. The maximum Gasteiger partial charge on any atom is 0.330 e. The van der Waals surface area contributed by atoms with Gasteiger partial charge in [0.25, 0.3) is 5.56 Å². The molecule has 0 aliphatic carbocycles. The fourth-order valence-electron chi connectivity index (χ4n) is 1.52. The Balaban J connectivity index is 2.87. The third kappa shape index (κ3) is 1.91. The monoisotopic (exact) mass is 296 g/mol. The molecule has 2 aromatic rings. The minimum atomic E-state index is -0.650. The van der Waals surface area contributed by atoms with Crippen molar-refractivity contribution in [2.24, 2.45) is 7.05 Å². The molecule has 2 N–H and O–H groups in total. The first-order valence-corrected chi connectivity index (χ1v) is 5.59. The van der Waals surface area contributed by atoms with Crippen LogP contribution in [0.2, 0.25) is 0 Å². The highest BCUT2D eigenvalue weighted by Gasteiger charge is 2.15.